The van der Waals surface area contributed by atoms with Crippen molar-refractivity contribution < 1.29 is 9.90 Å². The summed E-state index contributed by atoms with van der Waals surface area (Å²) in [5.41, 5.74) is 3.70. The number of nitrogens with zero attached hydrogens (tertiary/aromatic N) is 1. The van der Waals surface area contributed by atoms with Gasteiger partial charge in [0.25, 0.3) is 0 Å². The molecule has 0 saturated heterocycles. The topological polar surface area (TPSA) is 50.2 Å². The number of rotatable bonds is 5. The average Bonchev–Trinajstić information content (AvgIpc) is 2.41. The third-order valence-corrected chi connectivity index (χ3v) is 3.88. The zero-order valence-corrected chi connectivity index (χ0v) is 11.5. The monoisotopic (exact) mass is 273 g/mol. The van der Waals surface area contributed by atoms with E-state index in [1.165, 1.54) is 11.1 Å². The summed E-state index contributed by atoms with van der Waals surface area (Å²) >= 11 is 1.77. The summed E-state index contributed by atoms with van der Waals surface area (Å²) < 4.78 is 0. The van der Waals surface area contributed by atoms with Gasteiger partial charge in [-0.2, -0.15) is 11.8 Å². The molecular formula is C15H15NO2S. The largest absolute Gasteiger partial charge is 0.477 e. The average molecular weight is 273 g/mol. The van der Waals surface area contributed by atoms with E-state index in [0.717, 1.165) is 17.1 Å². The van der Waals surface area contributed by atoms with Crippen LogP contribution in [0.4, 0.5) is 0 Å². The van der Waals surface area contributed by atoms with Crippen molar-refractivity contribution in [3.05, 3.63) is 65.0 Å². The highest BCUT2D eigenvalue weighted by Gasteiger charge is 2.05. The number of aryl methyl sites for hydroxylation is 1. The summed E-state index contributed by atoms with van der Waals surface area (Å²) in [7, 11) is 0. The number of carbonyl (C=O) groups is 1. The minimum Gasteiger partial charge on any atom is -0.477 e. The number of aromatic nitrogens is 1. The Labute approximate surface area is 116 Å². The number of hydrogen-bond acceptors (Lipinski definition) is 3. The molecule has 3 nitrogen and oxygen atoms in total. The highest BCUT2D eigenvalue weighted by molar-refractivity contribution is 7.97. The summed E-state index contributed by atoms with van der Waals surface area (Å²) in [5.74, 6) is 0.736. The number of aromatic carboxylic acids is 1. The van der Waals surface area contributed by atoms with Crippen molar-refractivity contribution in [3.63, 3.8) is 0 Å². The van der Waals surface area contributed by atoms with Crippen LogP contribution in [-0.4, -0.2) is 16.1 Å². The minimum absolute atomic E-state index is 0.106. The van der Waals surface area contributed by atoms with Gasteiger partial charge < -0.3 is 5.11 Å². The van der Waals surface area contributed by atoms with Gasteiger partial charge in [-0.15, -0.1) is 0 Å². The molecular weight excluding hydrogens is 258 g/mol. The predicted octanol–water partition coefficient (Wildman–Crippen LogP) is 3.52. The normalized spacial score (nSPS) is 10.4. The van der Waals surface area contributed by atoms with Crippen molar-refractivity contribution in [1.82, 2.24) is 4.98 Å². The van der Waals surface area contributed by atoms with E-state index < -0.39 is 5.97 Å². The second kappa shape index (κ2) is 6.38. The molecule has 1 aromatic heterocycles. The Balaban J connectivity index is 1.94. The van der Waals surface area contributed by atoms with Gasteiger partial charge in [-0.05, 0) is 35.7 Å². The number of benzene rings is 1. The highest BCUT2D eigenvalue weighted by atomic mass is 32.2. The van der Waals surface area contributed by atoms with Crippen LogP contribution in [0.2, 0.25) is 0 Å². The number of carboxylic acids is 1. The zero-order chi connectivity index (χ0) is 13.7. The first-order valence-electron chi connectivity index (χ1n) is 5.97. The van der Waals surface area contributed by atoms with Gasteiger partial charge >= 0.3 is 5.97 Å². The van der Waals surface area contributed by atoms with Crippen LogP contribution in [0.1, 0.15) is 27.2 Å². The maximum atomic E-state index is 10.8. The fourth-order valence-corrected chi connectivity index (χ4v) is 2.79. The van der Waals surface area contributed by atoms with E-state index in [9.17, 15) is 4.79 Å². The van der Waals surface area contributed by atoms with E-state index in [1.54, 1.807) is 24.0 Å². The molecule has 0 spiro atoms. The van der Waals surface area contributed by atoms with Crippen LogP contribution in [0.5, 0.6) is 0 Å². The Morgan fingerprint density at radius 2 is 2.05 bits per heavy atom. The number of pyridine rings is 1. The molecule has 0 aliphatic rings. The highest BCUT2D eigenvalue weighted by Crippen LogP contribution is 2.20. The SMILES string of the molecule is Cc1ccccc1CSCc1ccnc(C(=O)O)c1. The molecule has 0 radical (unpaired) electrons. The lowest BCUT2D eigenvalue weighted by Crippen LogP contribution is -2.00. The first-order valence-corrected chi connectivity index (χ1v) is 7.13. The summed E-state index contributed by atoms with van der Waals surface area (Å²) in [6, 6.07) is 11.8. The molecule has 0 unspecified atom stereocenters. The van der Waals surface area contributed by atoms with Crippen LogP contribution < -0.4 is 0 Å². The van der Waals surface area contributed by atoms with Gasteiger partial charge in [-0.25, -0.2) is 9.78 Å². The maximum Gasteiger partial charge on any atom is 0.354 e. The number of hydrogen-bond donors (Lipinski definition) is 1. The van der Waals surface area contributed by atoms with Crippen LogP contribution >= 0.6 is 11.8 Å². The second-order valence-corrected chi connectivity index (χ2v) is 5.26. The Kier molecular flexibility index (Phi) is 4.58. The summed E-state index contributed by atoms with van der Waals surface area (Å²) in [6.45, 7) is 2.10. The molecule has 2 rings (SSSR count). The number of thioether (sulfide) groups is 1. The van der Waals surface area contributed by atoms with Crippen molar-refractivity contribution in [2.75, 3.05) is 0 Å². The zero-order valence-electron chi connectivity index (χ0n) is 10.7. The Bertz CT molecular complexity index is 584. The lowest BCUT2D eigenvalue weighted by molar-refractivity contribution is 0.0690. The van der Waals surface area contributed by atoms with E-state index in [2.05, 4.69) is 24.0 Å². The van der Waals surface area contributed by atoms with Crippen LogP contribution in [0.25, 0.3) is 0 Å². The van der Waals surface area contributed by atoms with Crippen molar-refractivity contribution in [2.45, 2.75) is 18.4 Å². The smallest absolute Gasteiger partial charge is 0.354 e. The predicted molar refractivity (Wildman–Crippen MR) is 77.4 cm³/mol. The van der Waals surface area contributed by atoms with E-state index >= 15 is 0 Å². The van der Waals surface area contributed by atoms with Gasteiger partial charge in [0.05, 0.1) is 0 Å². The van der Waals surface area contributed by atoms with Gasteiger partial charge in [0.15, 0.2) is 0 Å². The van der Waals surface area contributed by atoms with E-state index in [-0.39, 0.29) is 5.69 Å². The van der Waals surface area contributed by atoms with Crippen LogP contribution in [-0.2, 0) is 11.5 Å². The van der Waals surface area contributed by atoms with Crippen molar-refractivity contribution >= 4 is 17.7 Å². The summed E-state index contributed by atoms with van der Waals surface area (Å²) in [4.78, 5) is 14.6. The molecule has 4 heteroatoms. The first-order chi connectivity index (χ1) is 9.16. The number of carboxylic acid groups (broad SMARTS) is 1. The quantitative estimate of drug-likeness (QED) is 0.905. The summed E-state index contributed by atoms with van der Waals surface area (Å²) in [5, 5.41) is 8.88. The first kappa shape index (κ1) is 13.6. The van der Waals surface area contributed by atoms with Gasteiger partial charge in [0.1, 0.15) is 5.69 Å². The lowest BCUT2D eigenvalue weighted by Gasteiger charge is -2.05. The molecule has 0 aliphatic heterocycles. The van der Waals surface area contributed by atoms with Crippen LogP contribution in [0.3, 0.4) is 0 Å². The van der Waals surface area contributed by atoms with Gasteiger partial charge in [-0.3, -0.25) is 0 Å². The molecule has 0 saturated carbocycles. The minimum atomic E-state index is -0.981. The van der Waals surface area contributed by atoms with Gasteiger partial charge in [-0.1, -0.05) is 24.3 Å². The lowest BCUT2D eigenvalue weighted by atomic mass is 10.1. The molecule has 1 aromatic carbocycles. The Morgan fingerprint density at radius 3 is 2.79 bits per heavy atom. The van der Waals surface area contributed by atoms with Crippen LogP contribution in [0.15, 0.2) is 42.6 Å². The molecule has 2 aromatic rings. The fraction of sp³-hybridized carbons (Fsp3) is 0.200. The van der Waals surface area contributed by atoms with E-state index in [1.807, 2.05) is 18.2 Å². The molecule has 19 heavy (non-hydrogen) atoms. The van der Waals surface area contributed by atoms with Gasteiger partial charge in [0.2, 0.25) is 0 Å². The fourth-order valence-electron chi connectivity index (χ4n) is 1.73. The standard InChI is InChI=1S/C15H15NO2S/c1-11-4-2-3-5-13(11)10-19-9-12-6-7-16-14(8-12)15(17)18/h2-8H,9-10H2,1H3,(H,17,18). The maximum absolute atomic E-state index is 10.8. The van der Waals surface area contributed by atoms with E-state index in [0.29, 0.717) is 0 Å². The third-order valence-electron chi connectivity index (χ3n) is 2.83. The summed E-state index contributed by atoms with van der Waals surface area (Å²) in [6.07, 6.45) is 1.55. The van der Waals surface area contributed by atoms with E-state index in [4.69, 9.17) is 5.11 Å². The van der Waals surface area contributed by atoms with Crippen molar-refractivity contribution in [3.8, 4) is 0 Å². The third kappa shape index (κ3) is 3.83. The Morgan fingerprint density at radius 1 is 1.26 bits per heavy atom. The molecule has 1 heterocycles. The molecule has 98 valence electrons. The molecule has 0 atom stereocenters. The molecule has 0 aliphatic carbocycles. The molecule has 0 fully saturated rings. The van der Waals surface area contributed by atoms with Gasteiger partial charge in [0, 0.05) is 17.7 Å². The molecule has 0 bridgehead atoms. The molecule has 1 N–H and O–H groups in total. The van der Waals surface area contributed by atoms with Crippen molar-refractivity contribution in [2.24, 2.45) is 0 Å². The Hall–Kier alpha value is -1.81. The van der Waals surface area contributed by atoms with Crippen LogP contribution in [0, 0.1) is 6.92 Å². The molecule has 0 amide bonds. The second-order valence-electron chi connectivity index (χ2n) is 4.27. The van der Waals surface area contributed by atoms with Crippen molar-refractivity contribution in [1.29, 1.82) is 0 Å².